The second-order valence-corrected chi connectivity index (χ2v) is 4.29. The molecule has 0 aliphatic heterocycles. The van der Waals surface area contributed by atoms with Gasteiger partial charge in [0.2, 0.25) is 0 Å². The fraction of sp³-hybridized carbons (Fsp3) is 0. The number of carboxylic acid groups (broad SMARTS) is 4. The maximum Gasteiger partial charge on any atom is 1.00 e. The van der Waals surface area contributed by atoms with Crippen LogP contribution in [0.1, 0.15) is 41.4 Å². The van der Waals surface area contributed by atoms with Gasteiger partial charge in [0.1, 0.15) is 0 Å². The van der Waals surface area contributed by atoms with Crippen molar-refractivity contribution in [2.24, 2.45) is 0 Å². The molecule has 0 saturated heterocycles. The monoisotopic (exact) mass is 378 g/mol. The average molecular weight is 378 g/mol. The minimum absolute atomic E-state index is 0. The summed E-state index contributed by atoms with van der Waals surface area (Å²) in [6, 6.07) is 3.07. The molecule has 0 aliphatic rings. The molecule has 0 N–H and O–H groups in total. The second-order valence-electron chi connectivity index (χ2n) is 4.29. The fourth-order valence-corrected chi connectivity index (χ4v) is 2.04. The summed E-state index contributed by atoms with van der Waals surface area (Å²) in [6.45, 7) is 0. The maximum atomic E-state index is 11.1. The van der Waals surface area contributed by atoms with Gasteiger partial charge in [0.05, 0.1) is 23.9 Å². The zero-order chi connectivity index (χ0) is 16.6. The molecule has 2 aromatic carbocycles. The summed E-state index contributed by atoms with van der Waals surface area (Å²) >= 11 is 0. The van der Waals surface area contributed by atoms with Crippen molar-refractivity contribution in [2.45, 2.75) is 0 Å². The Morgan fingerprint density at radius 3 is 1.04 bits per heavy atom. The Morgan fingerprint density at radius 2 is 0.833 bits per heavy atom. The van der Waals surface area contributed by atoms with Crippen molar-refractivity contribution in [1.29, 1.82) is 0 Å². The first-order chi connectivity index (χ1) is 10.2. The summed E-state index contributed by atoms with van der Waals surface area (Å²) in [5.74, 6) is -7.10. The molecule has 0 bridgehead atoms. The van der Waals surface area contributed by atoms with Crippen LogP contribution < -0.4 is 123 Å². The number of hydrogen-bond acceptors (Lipinski definition) is 8. The summed E-state index contributed by atoms with van der Waals surface area (Å²) in [5, 5.41) is 43.3. The zero-order valence-corrected chi connectivity index (χ0v) is 18.8. The van der Waals surface area contributed by atoms with Crippen LogP contribution in [0.2, 0.25) is 0 Å². The molecule has 112 valence electrons. The Morgan fingerprint density at radius 1 is 0.542 bits per heavy atom. The van der Waals surface area contributed by atoms with Gasteiger partial charge in [-0.2, -0.15) is 0 Å². The summed E-state index contributed by atoms with van der Waals surface area (Å²) in [7, 11) is 0. The van der Waals surface area contributed by atoms with Gasteiger partial charge in [-0.15, -0.1) is 0 Å². The number of fused-ring (bicyclic) bond motifs is 1. The molecule has 0 saturated carbocycles. The van der Waals surface area contributed by atoms with Crippen molar-refractivity contribution in [3.05, 3.63) is 46.5 Å². The number of carbonyl (C=O) groups is 4. The van der Waals surface area contributed by atoms with E-state index in [0.717, 1.165) is 12.1 Å². The number of hydrogen-bond donors (Lipinski definition) is 0. The molecular weight excluding hydrogens is 374 g/mol. The van der Waals surface area contributed by atoms with E-state index in [-0.39, 0.29) is 114 Å². The van der Waals surface area contributed by atoms with E-state index in [0.29, 0.717) is 12.1 Å². The molecule has 0 radical (unpaired) electrons. The molecule has 8 nitrogen and oxygen atoms in total. The normalized spacial score (nSPS) is 9.50. The Labute approximate surface area is 219 Å². The predicted octanol–water partition coefficient (Wildman–Crippen LogP) is -9.70. The second kappa shape index (κ2) is 9.52. The summed E-state index contributed by atoms with van der Waals surface area (Å²) in [4.78, 5) is 44.0. The van der Waals surface area contributed by atoms with Crippen LogP contribution >= 0.6 is 0 Å². The van der Waals surface area contributed by atoms with Crippen LogP contribution in [-0.4, -0.2) is 23.9 Å². The SMILES string of the molecule is O=C([O-])c1cc(C(=O)[O-])c2cc(C(=O)[O-])cc(C(=O)[O-])c2c1.[K+].[K+]. The van der Waals surface area contributed by atoms with Crippen LogP contribution in [0.3, 0.4) is 0 Å². The first-order valence-electron chi connectivity index (χ1n) is 5.69. The van der Waals surface area contributed by atoms with Gasteiger partial charge < -0.3 is 39.6 Å². The molecule has 24 heavy (non-hydrogen) atoms. The maximum absolute atomic E-state index is 11.1. The van der Waals surface area contributed by atoms with Gasteiger partial charge in [-0.1, -0.05) is 0 Å². The van der Waals surface area contributed by atoms with Crippen LogP contribution in [0.15, 0.2) is 24.3 Å². The van der Waals surface area contributed by atoms with E-state index in [1.807, 2.05) is 0 Å². The third-order valence-corrected chi connectivity index (χ3v) is 2.98. The number of carboxylic acids is 4. The van der Waals surface area contributed by atoms with Gasteiger partial charge in [-0.05, 0) is 46.2 Å². The minimum atomic E-state index is -1.81. The van der Waals surface area contributed by atoms with Crippen molar-refractivity contribution >= 4 is 34.6 Å². The largest absolute Gasteiger partial charge is 1.00 e. The van der Waals surface area contributed by atoms with E-state index in [9.17, 15) is 39.6 Å². The molecule has 0 heterocycles. The first-order valence-corrected chi connectivity index (χ1v) is 5.69. The van der Waals surface area contributed by atoms with Gasteiger partial charge in [0, 0.05) is 11.1 Å². The summed E-state index contributed by atoms with van der Waals surface area (Å²) in [5.41, 5.74) is -2.59. The summed E-state index contributed by atoms with van der Waals surface area (Å²) in [6.07, 6.45) is 0. The van der Waals surface area contributed by atoms with Gasteiger partial charge >= 0.3 is 103 Å². The molecule has 0 spiro atoms. The van der Waals surface area contributed by atoms with E-state index in [1.165, 1.54) is 0 Å². The average Bonchev–Trinajstić information content (AvgIpc) is 2.44. The molecule has 0 unspecified atom stereocenters. The first kappa shape index (κ1) is 23.9. The van der Waals surface area contributed by atoms with Crippen molar-refractivity contribution in [3.63, 3.8) is 0 Å². The van der Waals surface area contributed by atoms with Crippen molar-refractivity contribution in [2.75, 3.05) is 0 Å². The van der Waals surface area contributed by atoms with Gasteiger partial charge in [-0.25, -0.2) is 0 Å². The van der Waals surface area contributed by atoms with Crippen molar-refractivity contribution in [1.82, 2.24) is 0 Å². The Hall–Kier alpha value is -0.147. The third-order valence-electron chi connectivity index (χ3n) is 2.98. The molecular formula is C14H4K2O8-2. The zero-order valence-electron chi connectivity index (χ0n) is 12.6. The molecule has 2 aromatic rings. The van der Waals surface area contributed by atoms with Crippen molar-refractivity contribution in [3.8, 4) is 0 Å². The van der Waals surface area contributed by atoms with E-state index in [4.69, 9.17) is 0 Å². The van der Waals surface area contributed by atoms with E-state index < -0.39 is 46.1 Å². The number of rotatable bonds is 4. The van der Waals surface area contributed by atoms with Crippen LogP contribution in [-0.2, 0) is 0 Å². The predicted molar refractivity (Wildman–Crippen MR) is 61.3 cm³/mol. The van der Waals surface area contributed by atoms with Crippen LogP contribution in [0.5, 0.6) is 0 Å². The number of carbonyl (C=O) groups excluding carboxylic acids is 4. The minimum Gasteiger partial charge on any atom is -0.545 e. The van der Waals surface area contributed by atoms with Crippen LogP contribution in [0.4, 0.5) is 0 Å². The smallest absolute Gasteiger partial charge is 0.545 e. The topological polar surface area (TPSA) is 161 Å². The molecule has 0 atom stereocenters. The molecule has 0 amide bonds. The molecule has 0 fully saturated rings. The van der Waals surface area contributed by atoms with Gasteiger partial charge in [0.25, 0.3) is 0 Å². The van der Waals surface area contributed by atoms with E-state index in [2.05, 4.69) is 0 Å². The quantitative estimate of drug-likeness (QED) is 0.474. The van der Waals surface area contributed by atoms with Gasteiger partial charge in [0.15, 0.2) is 0 Å². The Balaban J connectivity index is 0.00000264. The van der Waals surface area contributed by atoms with Crippen LogP contribution in [0.25, 0.3) is 10.8 Å². The molecule has 10 heteroatoms. The van der Waals surface area contributed by atoms with Crippen molar-refractivity contribution < 1.29 is 142 Å². The molecule has 0 aliphatic carbocycles. The Kier molecular flexibility index (Phi) is 9.46. The molecule has 0 aromatic heterocycles. The summed E-state index contributed by atoms with van der Waals surface area (Å²) < 4.78 is 0. The van der Waals surface area contributed by atoms with Crippen LogP contribution in [0, 0.1) is 0 Å². The van der Waals surface area contributed by atoms with E-state index >= 15 is 0 Å². The third kappa shape index (κ3) is 4.94. The number of aromatic carboxylic acids is 4. The van der Waals surface area contributed by atoms with Gasteiger partial charge in [-0.3, -0.25) is 0 Å². The molecule has 2 rings (SSSR count). The Bertz CT molecular complexity index is 788. The fourth-order valence-electron chi connectivity index (χ4n) is 2.04. The van der Waals surface area contributed by atoms with E-state index in [1.54, 1.807) is 0 Å². The number of benzene rings is 2. The standard InChI is InChI=1S/C14H8O8.2K/c15-11(16)5-1-7-8(10(3-5)14(21)22)2-6(12(17)18)4-9(7)13(19)20;;/h1-4H,(H,15,16)(H,17,18)(H,19,20)(H,21,22);;/q;2*+1/p-4.